The van der Waals surface area contributed by atoms with Crippen LogP contribution < -0.4 is 0 Å². The molecule has 1 aromatic rings. The molecule has 1 aromatic carbocycles. The Kier molecular flexibility index (Phi) is 3.57. The van der Waals surface area contributed by atoms with Gasteiger partial charge in [0, 0.05) is 12.8 Å². The second kappa shape index (κ2) is 5.37. The number of carbonyl (C=O) groups is 1. The molecule has 3 rings (SSSR count). The Bertz CT molecular complexity index is 566. The summed E-state index contributed by atoms with van der Waals surface area (Å²) in [6.45, 7) is 1.75. The predicted octanol–water partition coefficient (Wildman–Crippen LogP) is 1.88. The third kappa shape index (κ3) is 2.36. The van der Waals surface area contributed by atoms with Gasteiger partial charge in [0.25, 0.3) is 0 Å². The SMILES string of the molecule is CC(CO)N1N=C(c2ccc3c(c2)CCC3)CCC1=O. The first-order chi connectivity index (χ1) is 9.69. The van der Waals surface area contributed by atoms with Crippen LogP contribution in [0.2, 0.25) is 0 Å². The van der Waals surface area contributed by atoms with Crippen molar-refractivity contribution in [3.05, 3.63) is 34.9 Å². The molecule has 0 spiro atoms. The molecule has 0 fully saturated rings. The standard InChI is InChI=1S/C16H20N2O2/c1-11(10-19)18-16(20)8-7-15(17-18)14-6-5-12-3-2-4-13(12)9-14/h5-6,9,11,19H,2-4,7-8,10H2,1H3. The molecule has 2 aliphatic rings. The molecule has 4 heteroatoms. The zero-order valence-electron chi connectivity index (χ0n) is 11.8. The Morgan fingerprint density at radius 1 is 1.25 bits per heavy atom. The molecule has 0 saturated heterocycles. The number of hydrazone groups is 1. The van der Waals surface area contributed by atoms with Gasteiger partial charge in [-0.15, -0.1) is 0 Å². The Labute approximate surface area is 119 Å². The van der Waals surface area contributed by atoms with Gasteiger partial charge in [-0.3, -0.25) is 4.79 Å². The first kappa shape index (κ1) is 13.3. The fourth-order valence-electron chi connectivity index (χ4n) is 2.95. The molecule has 1 aliphatic carbocycles. The van der Waals surface area contributed by atoms with Crippen molar-refractivity contribution < 1.29 is 9.90 Å². The second-order valence-corrected chi connectivity index (χ2v) is 5.65. The van der Waals surface area contributed by atoms with Gasteiger partial charge in [0.2, 0.25) is 5.91 Å². The van der Waals surface area contributed by atoms with E-state index in [4.69, 9.17) is 0 Å². The molecule has 0 bridgehead atoms. The van der Waals surface area contributed by atoms with E-state index in [2.05, 4.69) is 23.3 Å². The number of rotatable bonds is 3. The van der Waals surface area contributed by atoms with Crippen LogP contribution in [0.4, 0.5) is 0 Å². The molecule has 1 unspecified atom stereocenters. The molecule has 0 aromatic heterocycles. The lowest BCUT2D eigenvalue weighted by atomic mass is 9.99. The van der Waals surface area contributed by atoms with Crippen molar-refractivity contribution in [1.82, 2.24) is 5.01 Å². The van der Waals surface area contributed by atoms with Crippen molar-refractivity contribution in [3.8, 4) is 0 Å². The quantitative estimate of drug-likeness (QED) is 0.913. The van der Waals surface area contributed by atoms with E-state index in [-0.39, 0.29) is 18.6 Å². The van der Waals surface area contributed by atoms with E-state index in [1.54, 1.807) is 0 Å². The largest absolute Gasteiger partial charge is 0.394 e. The Morgan fingerprint density at radius 3 is 2.85 bits per heavy atom. The van der Waals surface area contributed by atoms with Crippen LogP contribution in [0.5, 0.6) is 0 Å². The summed E-state index contributed by atoms with van der Waals surface area (Å²) >= 11 is 0. The first-order valence-electron chi connectivity index (χ1n) is 7.31. The van der Waals surface area contributed by atoms with Gasteiger partial charge in [0.15, 0.2) is 0 Å². The highest BCUT2D eigenvalue weighted by atomic mass is 16.3. The van der Waals surface area contributed by atoms with Crippen LogP contribution in [-0.4, -0.2) is 34.4 Å². The molecular weight excluding hydrogens is 252 g/mol. The lowest BCUT2D eigenvalue weighted by molar-refractivity contribution is -0.134. The molecule has 1 amide bonds. The van der Waals surface area contributed by atoms with E-state index in [9.17, 15) is 9.90 Å². The maximum atomic E-state index is 11.9. The number of nitrogens with zero attached hydrogens (tertiary/aromatic N) is 2. The summed E-state index contributed by atoms with van der Waals surface area (Å²) in [5.74, 6) is -0.00328. The number of hydrogen-bond acceptors (Lipinski definition) is 3. The topological polar surface area (TPSA) is 52.9 Å². The average Bonchev–Trinajstić information content (AvgIpc) is 2.94. The highest BCUT2D eigenvalue weighted by Crippen LogP contribution is 2.25. The fourth-order valence-corrected chi connectivity index (χ4v) is 2.95. The zero-order valence-corrected chi connectivity index (χ0v) is 11.8. The van der Waals surface area contributed by atoms with Gasteiger partial charge < -0.3 is 5.11 Å². The molecule has 1 aliphatic heterocycles. The monoisotopic (exact) mass is 272 g/mol. The summed E-state index contributed by atoms with van der Waals surface area (Å²) in [7, 11) is 0. The van der Waals surface area contributed by atoms with Crippen LogP contribution >= 0.6 is 0 Å². The van der Waals surface area contributed by atoms with Crippen molar-refractivity contribution in [2.24, 2.45) is 5.10 Å². The van der Waals surface area contributed by atoms with E-state index < -0.39 is 0 Å². The van der Waals surface area contributed by atoms with Crippen molar-refractivity contribution >= 4 is 11.6 Å². The highest BCUT2D eigenvalue weighted by molar-refractivity contribution is 6.04. The van der Waals surface area contributed by atoms with Crippen LogP contribution in [0.3, 0.4) is 0 Å². The summed E-state index contributed by atoms with van der Waals surface area (Å²) in [5, 5.41) is 15.1. The van der Waals surface area contributed by atoms with E-state index in [1.807, 2.05) is 6.92 Å². The second-order valence-electron chi connectivity index (χ2n) is 5.65. The van der Waals surface area contributed by atoms with Gasteiger partial charge in [-0.25, -0.2) is 5.01 Å². The first-order valence-corrected chi connectivity index (χ1v) is 7.31. The maximum absolute atomic E-state index is 11.9. The minimum atomic E-state index is -0.257. The molecule has 1 N–H and O–H groups in total. The van der Waals surface area contributed by atoms with Crippen LogP contribution in [-0.2, 0) is 17.6 Å². The molecular formula is C16H20N2O2. The number of aryl methyl sites for hydroxylation is 2. The van der Waals surface area contributed by atoms with Crippen molar-refractivity contribution in [2.45, 2.75) is 45.1 Å². The smallest absolute Gasteiger partial charge is 0.243 e. The van der Waals surface area contributed by atoms with Crippen LogP contribution in [0, 0.1) is 0 Å². The number of amides is 1. The van der Waals surface area contributed by atoms with E-state index in [0.717, 1.165) is 17.7 Å². The molecule has 0 radical (unpaired) electrons. The number of aliphatic hydroxyl groups excluding tert-OH is 1. The zero-order chi connectivity index (χ0) is 14.1. The number of benzene rings is 1. The van der Waals surface area contributed by atoms with Gasteiger partial charge in [-0.05, 0) is 48.9 Å². The molecule has 4 nitrogen and oxygen atoms in total. The van der Waals surface area contributed by atoms with Crippen molar-refractivity contribution in [1.29, 1.82) is 0 Å². The van der Waals surface area contributed by atoms with E-state index in [1.165, 1.54) is 29.0 Å². The van der Waals surface area contributed by atoms with Gasteiger partial charge in [-0.2, -0.15) is 5.10 Å². The summed E-state index contributed by atoms with van der Waals surface area (Å²) in [4.78, 5) is 11.9. The van der Waals surface area contributed by atoms with Crippen LogP contribution in [0.1, 0.15) is 42.9 Å². The lowest BCUT2D eigenvalue weighted by Crippen LogP contribution is -2.40. The van der Waals surface area contributed by atoms with E-state index in [0.29, 0.717) is 12.8 Å². The minimum Gasteiger partial charge on any atom is -0.394 e. The normalized spacial score (nSPS) is 19.8. The van der Waals surface area contributed by atoms with Gasteiger partial charge in [0.05, 0.1) is 18.4 Å². The Balaban J connectivity index is 1.91. The maximum Gasteiger partial charge on any atom is 0.243 e. The number of carbonyl (C=O) groups excluding carboxylic acids is 1. The summed E-state index contributed by atoms with van der Waals surface area (Å²) in [6.07, 6.45) is 4.71. The summed E-state index contributed by atoms with van der Waals surface area (Å²) in [6, 6.07) is 6.27. The number of hydrogen-bond donors (Lipinski definition) is 1. The van der Waals surface area contributed by atoms with Crippen molar-refractivity contribution in [2.75, 3.05) is 6.61 Å². The van der Waals surface area contributed by atoms with E-state index >= 15 is 0 Å². The van der Waals surface area contributed by atoms with Crippen molar-refractivity contribution in [3.63, 3.8) is 0 Å². The number of fused-ring (bicyclic) bond motifs is 1. The van der Waals surface area contributed by atoms with Crippen LogP contribution in [0.15, 0.2) is 23.3 Å². The van der Waals surface area contributed by atoms with Gasteiger partial charge in [0.1, 0.15) is 0 Å². The van der Waals surface area contributed by atoms with Gasteiger partial charge in [-0.1, -0.05) is 12.1 Å². The number of aliphatic hydroxyl groups is 1. The highest BCUT2D eigenvalue weighted by Gasteiger charge is 2.25. The molecule has 0 saturated carbocycles. The Morgan fingerprint density at radius 2 is 2.05 bits per heavy atom. The molecule has 106 valence electrons. The molecule has 1 heterocycles. The minimum absolute atomic E-state index is 0.00328. The predicted molar refractivity (Wildman–Crippen MR) is 77.6 cm³/mol. The third-order valence-corrected chi connectivity index (χ3v) is 4.17. The van der Waals surface area contributed by atoms with Gasteiger partial charge >= 0.3 is 0 Å². The lowest BCUT2D eigenvalue weighted by Gasteiger charge is -2.28. The summed E-state index contributed by atoms with van der Waals surface area (Å²) in [5.41, 5.74) is 4.94. The Hall–Kier alpha value is -1.68. The summed E-state index contributed by atoms with van der Waals surface area (Å²) < 4.78 is 0. The van der Waals surface area contributed by atoms with Crippen LogP contribution in [0.25, 0.3) is 0 Å². The third-order valence-electron chi connectivity index (χ3n) is 4.17. The molecule has 1 atom stereocenters. The average molecular weight is 272 g/mol. The molecule has 20 heavy (non-hydrogen) atoms. The fraction of sp³-hybridized carbons (Fsp3) is 0.500.